The van der Waals surface area contributed by atoms with Crippen LogP contribution >= 0.6 is 0 Å². The van der Waals surface area contributed by atoms with E-state index in [1.165, 1.54) is 18.3 Å². The van der Waals surface area contributed by atoms with Gasteiger partial charge in [0, 0.05) is 0 Å². The number of rotatable bonds is 16. The van der Waals surface area contributed by atoms with Gasteiger partial charge in [-0.05, 0) is 69.0 Å². The van der Waals surface area contributed by atoms with Crippen LogP contribution in [-0.4, -0.2) is 43.8 Å². The number of nitrogens with zero attached hydrogens (tertiary/aromatic N) is 2. The van der Waals surface area contributed by atoms with Crippen LogP contribution in [0.25, 0.3) is 0 Å². The minimum absolute atomic E-state index is 0.317. The molecule has 0 atom stereocenters. The van der Waals surface area contributed by atoms with Gasteiger partial charge in [-0.1, -0.05) is 43.0 Å². The molecule has 0 bridgehead atoms. The van der Waals surface area contributed by atoms with E-state index in [0.29, 0.717) is 25.6 Å². The summed E-state index contributed by atoms with van der Waals surface area (Å²) in [5.74, 6) is 2.20. The van der Waals surface area contributed by atoms with E-state index in [0.717, 1.165) is 68.3 Å². The van der Waals surface area contributed by atoms with E-state index in [-0.39, 0.29) is 5.69 Å². The molecule has 0 saturated heterocycles. The van der Waals surface area contributed by atoms with Crippen LogP contribution < -0.4 is 14.2 Å². The van der Waals surface area contributed by atoms with Gasteiger partial charge in [-0.25, -0.2) is 0 Å². The van der Waals surface area contributed by atoms with Crippen molar-refractivity contribution in [3.8, 4) is 17.2 Å². The number of aromatic nitrogens is 1. The fourth-order valence-electron chi connectivity index (χ4n) is 3.68. The minimum atomic E-state index is -4.65. The van der Waals surface area contributed by atoms with E-state index in [4.69, 9.17) is 14.2 Å². The summed E-state index contributed by atoms with van der Waals surface area (Å²) in [6.45, 7) is 7.75. The summed E-state index contributed by atoms with van der Waals surface area (Å²) < 4.78 is 56.3. The summed E-state index contributed by atoms with van der Waals surface area (Å²) in [6.07, 6.45) is 6.67. The van der Waals surface area contributed by atoms with Crippen LogP contribution in [0.1, 0.15) is 62.3 Å². The lowest BCUT2D eigenvalue weighted by atomic mass is 10.1. The fourth-order valence-corrected chi connectivity index (χ4v) is 3.68. The Balaban J connectivity index is 1.59. The van der Waals surface area contributed by atoms with Crippen molar-refractivity contribution in [3.63, 3.8) is 0 Å². The zero-order valence-electron chi connectivity index (χ0n) is 22.1. The number of benzene rings is 1. The molecule has 0 amide bonds. The molecule has 0 saturated carbocycles. The fraction of sp³-hybridized carbons (Fsp3) is 0.500. The maximum atomic E-state index is 13.0. The van der Waals surface area contributed by atoms with Gasteiger partial charge in [-0.3, -0.25) is 4.98 Å². The van der Waals surface area contributed by atoms with E-state index in [1.54, 1.807) is 0 Å². The number of hydrogen-bond donors (Lipinski definition) is 0. The Bertz CT molecular complexity index is 982. The van der Waals surface area contributed by atoms with Gasteiger partial charge in [-0.15, -0.1) is 0 Å². The quantitative estimate of drug-likeness (QED) is 0.0997. The van der Waals surface area contributed by atoms with E-state index < -0.39 is 11.9 Å². The van der Waals surface area contributed by atoms with Gasteiger partial charge in [0.15, 0.2) is 0 Å². The summed E-state index contributed by atoms with van der Waals surface area (Å²) in [5, 5.41) is 3.03. The molecule has 0 aliphatic carbocycles. The smallest absolute Gasteiger partial charge is 0.438 e. The topological polar surface area (TPSA) is 62.2 Å². The summed E-state index contributed by atoms with van der Waals surface area (Å²) in [6, 6.07) is 6.69. The Morgan fingerprint density at radius 1 is 0.892 bits per heavy atom. The van der Waals surface area contributed by atoms with Crippen molar-refractivity contribution >= 4 is 5.71 Å². The van der Waals surface area contributed by atoms with E-state index in [2.05, 4.69) is 15.0 Å². The largest absolute Gasteiger partial charge is 0.493 e. The van der Waals surface area contributed by atoms with Crippen molar-refractivity contribution in [2.24, 2.45) is 5.16 Å². The molecule has 6 nitrogen and oxygen atoms in total. The second-order valence-corrected chi connectivity index (χ2v) is 8.58. The maximum Gasteiger partial charge on any atom is 0.438 e. The van der Waals surface area contributed by atoms with Crippen molar-refractivity contribution < 1.29 is 32.2 Å². The number of hydrogen-bond acceptors (Lipinski definition) is 6. The molecule has 0 fully saturated rings. The lowest BCUT2D eigenvalue weighted by Gasteiger charge is -2.14. The van der Waals surface area contributed by atoms with E-state index >= 15 is 0 Å². The van der Waals surface area contributed by atoms with Crippen LogP contribution in [0.3, 0.4) is 0 Å². The minimum Gasteiger partial charge on any atom is -0.493 e. The Morgan fingerprint density at radius 3 is 2.05 bits per heavy atom. The Labute approximate surface area is 217 Å². The number of pyridine rings is 1. The normalized spacial score (nSPS) is 12.1. The first-order chi connectivity index (χ1) is 17.8. The summed E-state index contributed by atoms with van der Waals surface area (Å²) >= 11 is 0. The van der Waals surface area contributed by atoms with Gasteiger partial charge in [0.1, 0.15) is 31.0 Å². The third-order valence-corrected chi connectivity index (χ3v) is 5.50. The van der Waals surface area contributed by atoms with Gasteiger partial charge >= 0.3 is 6.18 Å². The zero-order chi connectivity index (χ0) is 27.1. The first-order valence-electron chi connectivity index (χ1n) is 12.5. The molecule has 1 aromatic heterocycles. The summed E-state index contributed by atoms with van der Waals surface area (Å²) in [4.78, 5) is 8.08. The van der Waals surface area contributed by atoms with Crippen molar-refractivity contribution in [1.82, 2.24) is 4.98 Å². The average molecular weight is 523 g/mol. The van der Waals surface area contributed by atoms with E-state index in [9.17, 15) is 13.2 Å². The lowest BCUT2D eigenvalue weighted by molar-refractivity contribution is -0.0609. The number of aryl methyl sites for hydroxylation is 2. The molecule has 0 unspecified atom stereocenters. The highest BCUT2D eigenvalue weighted by Crippen LogP contribution is 2.29. The first-order valence-corrected chi connectivity index (χ1v) is 12.5. The summed E-state index contributed by atoms with van der Waals surface area (Å²) in [5.41, 5.74) is 0.649. The number of oxime groups is 1. The molecule has 0 N–H and O–H groups in total. The predicted octanol–water partition coefficient (Wildman–Crippen LogP) is 7.36. The van der Waals surface area contributed by atoms with Crippen LogP contribution in [0.2, 0.25) is 0 Å². The monoisotopic (exact) mass is 522 g/mol. The molecule has 0 aliphatic heterocycles. The first kappa shape index (κ1) is 30.0. The molecule has 204 valence electrons. The maximum absolute atomic E-state index is 13.0. The molecular weight excluding hydrogens is 485 g/mol. The van der Waals surface area contributed by atoms with Gasteiger partial charge in [0.05, 0.1) is 25.1 Å². The molecule has 9 heteroatoms. The van der Waals surface area contributed by atoms with Gasteiger partial charge < -0.3 is 19.0 Å². The SMILES string of the molecule is C/C=C/COc1cc(C)c(OCCCCCCCCOc2ccc(/C(=N/OC)C(F)(F)F)nc2)c(C)c1. The third-order valence-electron chi connectivity index (χ3n) is 5.50. The van der Waals surface area contributed by atoms with Crippen LogP contribution in [-0.2, 0) is 4.84 Å². The molecule has 2 aromatic rings. The van der Waals surface area contributed by atoms with Crippen molar-refractivity contribution in [3.05, 3.63) is 59.4 Å². The Hall–Kier alpha value is -3.23. The molecule has 2 rings (SSSR count). The van der Waals surface area contributed by atoms with Gasteiger partial charge in [-0.2, -0.15) is 13.2 Å². The molecule has 37 heavy (non-hydrogen) atoms. The van der Waals surface area contributed by atoms with Gasteiger partial charge in [0.2, 0.25) is 5.71 Å². The highest BCUT2D eigenvalue weighted by atomic mass is 19.4. The molecule has 0 spiro atoms. The van der Waals surface area contributed by atoms with Crippen molar-refractivity contribution in [2.75, 3.05) is 26.9 Å². The number of halogens is 3. The van der Waals surface area contributed by atoms with Crippen molar-refractivity contribution in [1.29, 1.82) is 0 Å². The average Bonchev–Trinajstić information content (AvgIpc) is 2.85. The Morgan fingerprint density at radius 2 is 1.51 bits per heavy atom. The summed E-state index contributed by atoms with van der Waals surface area (Å²) in [7, 11) is 1.06. The van der Waals surface area contributed by atoms with Crippen LogP contribution in [0.4, 0.5) is 13.2 Å². The van der Waals surface area contributed by atoms with E-state index in [1.807, 2.05) is 45.1 Å². The van der Waals surface area contributed by atoms with Crippen LogP contribution in [0.5, 0.6) is 17.2 Å². The molecule has 1 heterocycles. The third kappa shape index (κ3) is 10.7. The number of alkyl halides is 3. The van der Waals surface area contributed by atoms with Crippen molar-refractivity contribution in [2.45, 2.75) is 65.5 Å². The van der Waals surface area contributed by atoms with Crippen LogP contribution in [0.15, 0.2) is 47.8 Å². The van der Waals surface area contributed by atoms with Crippen LogP contribution in [0, 0.1) is 13.8 Å². The lowest BCUT2D eigenvalue weighted by Crippen LogP contribution is -2.25. The zero-order valence-corrected chi connectivity index (χ0v) is 22.1. The second-order valence-electron chi connectivity index (χ2n) is 8.58. The number of allylic oxidation sites excluding steroid dienone is 1. The molecule has 0 radical (unpaired) electrons. The van der Waals surface area contributed by atoms with Gasteiger partial charge in [0.25, 0.3) is 0 Å². The standard InChI is InChI=1S/C28H37F3N2O4/c1-5-6-15-36-24-18-21(2)26(22(3)19-24)37-17-12-10-8-7-9-11-16-35-23-13-14-25(32-20-23)27(33-34-4)28(29,30)31/h5-6,13-14,18-20H,7-12,15-17H2,1-4H3/b6-5+,33-27-. The number of unbranched alkanes of at least 4 members (excludes halogenated alkanes) is 5. The molecular formula is C28H37F3N2O4. The number of ether oxygens (including phenoxy) is 3. The highest BCUT2D eigenvalue weighted by molar-refractivity contribution is 6.02. The predicted molar refractivity (Wildman–Crippen MR) is 139 cm³/mol. The highest BCUT2D eigenvalue weighted by Gasteiger charge is 2.38. The Kier molecular flexibility index (Phi) is 12.8. The molecule has 0 aliphatic rings. The molecule has 1 aromatic carbocycles. The second kappa shape index (κ2) is 15.8.